The van der Waals surface area contributed by atoms with Crippen molar-refractivity contribution in [2.45, 2.75) is 6.92 Å². The Kier molecular flexibility index (Phi) is 5.93. The fraction of sp³-hybridized carbons (Fsp3) is 0.0455. The molecule has 10 heteroatoms. The van der Waals surface area contributed by atoms with Crippen molar-refractivity contribution < 1.29 is 18.3 Å². The third-order valence-corrected chi connectivity index (χ3v) is 4.32. The number of ether oxygens (including phenoxy) is 1. The van der Waals surface area contributed by atoms with Crippen molar-refractivity contribution in [1.82, 2.24) is 25.2 Å². The Morgan fingerprint density at radius 2 is 2.00 bits per heavy atom. The molecule has 0 aliphatic carbocycles. The van der Waals surface area contributed by atoms with Crippen molar-refractivity contribution in [2.75, 3.05) is 5.32 Å². The van der Waals surface area contributed by atoms with Gasteiger partial charge >= 0.3 is 0 Å². The average molecular weight is 434 g/mol. The lowest BCUT2D eigenvalue weighted by Gasteiger charge is -2.08. The lowest BCUT2D eigenvalue weighted by molar-refractivity contribution is -0.111. The Morgan fingerprint density at radius 3 is 2.72 bits per heavy atom. The summed E-state index contributed by atoms with van der Waals surface area (Å²) in [5.41, 5.74) is 0.868. The van der Waals surface area contributed by atoms with Gasteiger partial charge < -0.3 is 10.1 Å². The van der Waals surface area contributed by atoms with E-state index in [1.807, 2.05) is 0 Å². The van der Waals surface area contributed by atoms with Gasteiger partial charge in [-0.25, -0.2) is 8.78 Å². The van der Waals surface area contributed by atoms with Crippen molar-refractivity contribution in [1.29, 1.82) is 0 Å². The summed E-state index contributed by atoms with van der Waals surface area (Å²) >= 11 is 0. The van der Waals surface area contributed by atoms with Gasteiger partial charge in [0.25, 0.3) is 0 Å². The van der Waals surface area contributed by atoms with Crippen LogP contribution in [0.1, 0.15) is 11.4 Å². The Labute approximate surface area is 181 Å². The second-order valence-electron chi connectivity index (χ2n) is 6.61. The Hall–Kier alpha value is -4.47. The maximum absolute atomic E-state index is 14.3. The zero-order chi connectivity index (χ0) is 22.5. The quantitative estimate of drug-likeness (QED) is 0.460. The van der Waals surface area contributed by atoms with Gasteiger partial charge in [-0.15, -0.1) is 5.10 Å². The third-order valence-electron chi connectivity index (χ3n) is 4.32. The zero-order valence-corrected chi connectivity index (χ0v) is 16.7. The highest BCUT2D eigenvalue weighted by Crippen LogP contribution is 2.25. The highest BCUT2D eigenvalue weighted by atomic mass is 19.1. The number of anilines is 1. The van der Waals surface area contributed by atoms with Gasteiger partial charge in [-0.1, -0.05) is 6.07 Å². The molecule has 0 saturated carbocycles. The lowest BCUT2D eigenvalue weighted by Crippen LogP contribution is -2.10. The largest absolute Gasteiger partial charge is 0.453 e. The van der Waals surface area contributed by atoms with Crippen LogP contribution < -0.4 is 10.1 Å². The number of rotatable bonds is 6. The maximum atomic E-state index is 14.3. The van der Waals surface area contributed by atoms with Crippen LogP contribution in [-0.2, 0) is 4.79 Å². The number of pyridine rings is 1. The van der Waals surface area contributed by atoms with Crippen LogP contribution in [-0.4, -0.2) is 31.1 Å². The molecular weight excluding hydrogens is 418 g/mol. The van der Waals surface area contributed by atoms with Crippen molar-refractivity contribution in [2.24, 2.45) is 0 Å². The van der Waals surface area contributed by atoms with Crippen LogP contribution in [0, 0.1) is 18.6 Å². The van der Waals surface area contributed by atoms with Crippen LogP contribution in [0.3, 0.4) is 0 Å². The Morgan fingerprint density at radius 1 is 1.12 bits per heavy atom. The summed E-state index contributed by atoms with van der Waals surface area (Å²) in [6, 6.07) is 11.7. The molecule has 4 aromatic rings. The molecule has 0 atom stereocenters. The number of tetrazole rings is 1. The number of amides is 1. The fourth-order valence-electron chi connectivity index (χ4n) is 2.80. The third kappa shape index (κ3) is 4.81. The van der Waals surface area contributed by atoms with Gasteiger partial charge in [-0.2, -0.15) is 4.68 Å². The number of aryl methyl sites for hydroxylation is 1. The van der Waals surface area contributed by atoms with Gasteiger partial charge in [0.15, 0.2) is 17.4 Å². The summed E-state index contributed by atoms with van der Waals surface area (Å²) in [5, 5.41) is 13.6. The van der Waals surface area contributed by atoms with Crippen LogP contribution >= 0.6 is 0 Å². The van der Waals surface area contributed by atoms with Crippen molar-refractivity contribution >= 4 is 17.7 Å². The molecular formula is C22H16F2N6O2. The summed E-state index contributed by atoms with van der Waals surface area (Å²) in [6.07, 6.45) is 5.62. The Bertz CT molecular complexity index is 1290. The van der Waals surface area contributed by atoms with Gasteiger partial charge in [-0.05, 0) is 71.5 Å². The van der Waals surface area contributed by atoms with E-state index in [1.54, 1.807) is 31.3 Å². The molecule has 0 saturated heterocycles. The number of benzene rings is 2. The zero-order valence-electron chi connectivity index (χ0n) is 16.7. The minimum atomic E-state index is -0.621. The molecule has 1 amide bonds. The standard InChI is InChI=1S/C22H16F2N6O2/c1-14-27-28-29-30(14)16-6-7-18(23)20(12-16)26-22(31)9-5-15-4-8-21(19(24)11-15)32-17-3-2-10-25-13-17/h2-13H,1H3,(H,26,31)/b9-5+. The predicted octanol–water partition coefficient (Wildman–Crippen LogP) is 4.09. The molecule has 0 bridgehead atoms. The van der Waals surface area contributed by atoms with Crippen LogP contribution in [0.25, 0.3) is 11.8 Å². The first-order valence-electron chi connectivity index (χ1n) is 9.41. The molecule has 0 aliphatic rings. The summed E-state index contributed by atoms with van der Waals surface area (Å²) < 4.78 is 35.3. The number of halogens is 2. The van der Waals surface area contributed by atoms with E-state index in [4.69, 9.17) is 4.74 Å². The molecule has 0 fully saturated rings. The van der Waals surface area contributed by atoms with Crippen LogP contribution in [0.4, 0.5) is 14.5 Å². The molecule has 1 N–H and O–H groups in total. The van der Waals surface area contributed by atoms with E-state index in [0.717, 1.165) is 0 Å². The van der Waals surface area contributed by atoms with E-state index < -0.39 is 17.5 Å². The topological polar surface area (TPSA) is 94.8 Å². The lowest BCUT2D eigenvalue weighted by atomic mass is 10.2. The van der Waals surface area contributed by atoms with E-state index in [2.05, 4.69) is 25.8 Å². The van der Waals surface area contributed by atoms with Crippen molar-refractivity contribution in [3.63, 3.8) is 0 Å². The second kappa shape index (κ2) is 9.13. The molecule has 160 valence electrons. The van der Waals surface area contributed by atoms with E-state index in [0.29, 0.717) is 22.8 Å². The number of hydrogen-bond acceptors (Lipinski definition) is 6. The van der Waals surface area contributed by atoms with Gasteiger partial charge in [-0.3, -0.25) is 9.78 Å². The minimum absolute atomic E-state index is 0.0244. The minimum Gasteiger partial charge on any atom is -0.453 e. The Balaban J connectivity index is 1.45. The van der Waals surface area contributed by atoms with Crippen molar-refractivity contribution in [3.05, 3.63) is 90.0 Å². The van der Waals surface area contributed by atoms with E-state index in [1.165, 1.54) is 53.4 Å². The van der Waals surface area contributed by atoms with E-state index >= 15 is 0 Å². The summed E-state index contributed by atoms with van der Waals surface area (Å²) in [4.78, 5) is 16.2. The van der Waals surface area contributed by atoms with E-state index in [-0.39, 0.29) is 11.4 Å². The number of carbonyl (C=O) groups is 1. The fourth-order valence-corrected chi connectivity index (χ4v) is 2.80. The van der Waals surface area contributed by atoms with E-state index in [9.17, 15) is 13.6 Å². The molecule has 0 unspecified atom stereocenters. The van der Waals surface area contributed by atoms with Gasteiger partial charge in [0.1, 0.15) is 11.6 Å². The number of nitrogens with zero attached hydrogens (tertiary/aromatic N) is 5. The number of hydrogen-bond donors (Lipinski definition) is 1. The first kappa shape index (κ1) is 20.8. The predicted molar refractivity (Wildman–Crippen MR) is 112 cm³/mol. The molecule has 8 nitrogen and oxygen atoms in total. The monoisotopic (exact) mass is 434 g/mol. The summed E-state index contributed by atoms with van der Waals surface area (Å²) in [7, 11) is 0. The van der Waals surface area contributed by atoms with Crippen LogP contribution in [0.2, 0.25) is 0 Å². The molecule has 4 rings (SSSR count). The molecule has 2 heterocycles. The maximum Gasteiger partial charge on any atom is 0.248 e. The van der Waals surface area contributed by atoms with Crippen molar-refractivity contribution in [3.8, 4) is 17.2 Å². The number of carbonyl (C=O) groups excluding carboxylic acids is 1. The highest BCUT2D eigenvalue weighted by Gasteiger charge is 2.10. The molecule has 0 radical (unpaired) electrons. The summed E-state index contributed by atoms with van der Waals surface area (Å²) in [6.45, 7) is 1.69. The van der Waals surface area contributed by atoms with Crippen LogP contribution in [0.15, 0.2) is 67.0 Å². The number of aromatic nitrogens is 5. The molecule has 2 aromatic heterocycles. The smallest absolute Gasteiger partial charge is 0.248 e. The summed E-state index contributed by atoms with van der Waals surface area (Å²) in [5.74, 6) is -0.889. The number of nitrogens with one attached hydrogen (secondary N) is 1. The highest BCUT2D eigenvalue weighted by molar-refractivity contribution is 6.02. The van der Waals surface area contributed by atoms with Gasteiger partial charge in [0, 0.05) is 12.3 Å². The molecule has 0 aliphatic heterocycles. The van der Waals surface area contributed by atoms with Gasteiger partial charge in [0.2, 0.25) is 5.91 Å². The first-order valence-corrected chi connectivity index (χ1v) is 9.41. The van der Waals surface area contributed by atoms with Gasteiger partial charge in [0.05, 0.1) is 17.6 Å². The van der Waals surface area contributed by atoms with Crippen LogP contribution in [0.5, 0.6) is 11.5 Å². The molecule has 0 spiro atoms. The second-order valence-corrected chi connectivity index (χ2v) is 6.61. The normalized spacial score (nSPS) is 11.0. The first-order chi connectivity index (χ1) is 15.5. The molecule has 32 heavy (non-hydrogen) atoms. The molecule has 2 aromatic carbocycles. The SMILES string of the molecule is Cc1nnnn1-c1ccc(F)c(NC(=O)/C=C/c2ccc(Oc3cccnc3)c(F)c2)c1. The average Bonchev–Trinajstić information content (AvgIpc) is 3.22.